The summed E-state index contributed by atoms with van der Waals surface area (Å²) in [7, 11) is 4.00. The van der Waals surface area contributed by atoms with Crippen molar-refractivity contribution in [3.8, 4) is 5.75 Å². The summed E-state index contributed by atoms with van der Waals surface area (Å²) < 4.78 is 5.35. The maximum atomic E-state index is 5.35. The molecule has 0 amide bonds. The molecule has 1 saturated heterocycles. The fraction of sp³-hybridized carbons (Fsp3) is 0.600. The van der Waals surface area contributed by atoms with Crippen molar-refractivity contribution in [3.05, 3.63) is 29.3 Å². The molecule has 1 fully saturated rings. The zero-order valence-electron chi connectivity index (χ0n) is 11.0. The number of piperidine rings is 1. The number of hydrogen-bond acceptors (Lipinski definition) is 2. The molecule has 1 aromatic rings. The Hall–Kier alpha value is -1.02. The van der Waals surface area contributed by atoms with Crippen molar-refractivity contribution in [1.29, 1.82) is 0 Å². The third-order valence-corrected chi connectivity index (χ3v) is 4.40. The van der Waals surface area contributed by atoms with Crippen molar-refractivity contribution in [3.63, 3.8) is 0 Å². The Kier molecular flexibility index (Phi) is 2.44. The van der Waals surface area contributed by atoms with E-state index in [-0.39, 0.29) is 0 Å². The van der Waals surface area contributed by atoms with Gasteiger partial charge in [0.25, 0.3) is 0 Å². The zero-order valence-corrected chi connectivity index (χ0v) is 11.0. The molecule has 2 atom stereocenters. The minimum Gasteiger partial charge on any atom is -0.497 e. The Bertz CT molecular complexity index is 443. The minimum atomic E-state index is 0.345. The summed E-state index contributed by atoms with van der Waals surface area (Å²) in [5.74, 6) is 1.82. The summed E-state index contributed by atoms with van der Waals surface area (Å²) in [6.45, 7) is 4.84. The third-order valence-electron chi connectivity index (χ3n) is 4.40. The maximum Gasteiger partial charge on any atom is 0.119 e. The van der Waals surface area contributed by atoms with Gasteiger partial charge in [-0.3, -0.25) is 0 Å². The monoisotopic (exact) mass is 231 g/mol. The van der Waals surface area contributed by atoms with Gasteiger partial charge in [-0.25, -0.2) is 0 Å². The van der Waals surface area contributed by atoms with E-state index in [9.17, 15) is 0 Å². The lowest BCUT2D eigenvalue weighted by Gasteiger charge is -2.48. The van der Waals surface area contributed by atoms with Crippen LogP contribution in [0.1, 0.15) is 24.5 Å². The molecular formula is C15H21NO. The van der Waals surface area contributed by atoms with Crippen LogP contribution in [0.25, 0.3) is 0 Å². The second-order valence-corrected chi connectivity index (χ2v) is 6.05. The average Bonchev–Trinajstić information content (AvgIpc) is 2.26. The van der Waals surface area contributed by atoms with Crippen LogP contribution in [0, 0.1) is 5.92 Å². The number of likely N-dealkylation sites (N-methyl/N-ethyl adjacent to an activating group) is 1. The lowest BCUT2D eigenvalue weighted by Crippen LogP contribution is -2.50. The summed E-state index contributed by atoms with van der Waals surface area (Å²) in [5, 5.41) is 0. The molecule has 2 aliphatic rings. The van der Waals surface area contributed by atoms with E-state index >= 15 is 0 Å². The largest absolute Gasteiger partial charge is 0.497 e. The molecule has 1 heterocycles. The van der Waals surface area contributed by atoms with Crippen LogP contribution in [0.15, 0.2) is 18.2 Å². The van der Waals surface area contributed by atoms with Gasteiger partial charge in [-0.05, 0) is 49.1 Å². The van der Waals surface area contributed by atoms with Gasteiger partial charge in [0.1, 0.15) is 5.75 Å². The standard InChI is InChI=1S/C15H21NO/c1-15-8-11(9-16(2)10-15)6-12-7-13(17-3)4-5-14(12)15/h4-5,7,11H,6,8-10H2,1-3H3/t11-,15-/m1/s1. The fourth-order valence-corrected chi connectivity index (χ4v) is 3.96. The van der Waals surface area contributed by atoms with Crippen molar-refractivity contribution in [1.82, 2.24) is 4.90 Å². The van der Waals surface area contributed by atoms with E-state index in [4.69, 9.17) is 4.74 Å². The Balaban J connectivity index is 2.06. The van der Waals surface area contributed by atoms with Crippen LogP contribution in [-0.2, 0) is 11.8 Å². The van der Waals surface area contributed by atoms with E-state index in [1.807, 2.05) is 0 Å². The Labute approximate surface area is 104 Å². The topological polar surface area (TPSA) is 12.5 Å². The van der Waals surface area contributed by atoms with Crippen LogP contribution in [-0.4, -0.2) is 32.1 Å². The lowest BCUT2D eigenvalue weighted by molar-refractivity contribution is 0.120. The highest BCUT2D eigenvalue weighted by molar-refractivity contribution is 5.43. The van der Waals surface area contributed by atoms with E-state index in [2.05, 4.69) is 37.1 Å². The van der Waals surface area contributed by atoms with Gasteiger partial charge in [-0.15, -0.1) is 0 Å². The van der Waals surface area contributed by atoms with E-state index in [1.165, 1.54) is 31.5 Å². The van der Waals surface area contributed by atoms with Crippen LogP contribution in [0.5, 0.6) is 5.75 Å². The van der Waals surface area contributed by atoms with E-state index in [0.29, 0.717) is 5.41 Å². The molecular weight excluding hydrogens is 210 g/mol. The Morgan fingerprint density at radius 2 is 2.24 bits per heavy atom. The van der Waals surface area contributed by atoms with Gasteiger partial charge in [0.15, 0.2) is 0 Å². The summed E-state index contributed by atoms with van der Waals surface area (Å²) in [5.41, 5.74) is 3.40. The second-order valence-electron chi connectivity index (χ2n) is 6.05. The molecule has 2 bridgehead atoms. The van der Waals surface area contributed by atoms with Crippen LogP contribution in [0.4, 0.5) is 0 Å². The predicted octanol–water partition coefficient (Wildman–Crippen LogP) is 2.46. The molecule has 17 heavy (non-hydrogen) atoms. The zero-order chi connectivity index (χ0) is 12.0. The summed E-state index contributed by atoms with van der Waals surface area (Å²) in [6.07, 6.45) is 2.56. The van der Waals surface area contributed by atoms with Crippen LogP contribution >= 0.6 is 0 Å². The van der Waals surface area contributed by atoms with E-state index < -0.39 is 0 Å². The van der Waals surface area contributed by atoms with Gasteiger partial charge in [-0.1, -0.05) is 13.0 Å². The highest BCUT2D eigenvalue weighted by Crippen LogP contribution is 2.44. The van der Waals surface area contributed by atoms with Crippen molar-refractivity contribution in [2.45, 2.75) is 25.2 Å². The highest BCUT2D eigenvalue weighted by atomic mass is 16.5. The molecule has 0 spiro atoms. The molecule has 2 nitrogen and oxygen atoms in total. The lowest BCUT2D eigenvalue weighted by atomic mass is 9.65. The van der Waals surface area contributed by atoms with Gasteiger partial charge in [0.05, 0.1) is 7.11 Å². The minimum absolute atomic E-state index is 0.345. The molecule has 0 unspecified atom stereocenters. The van der Waals surface area contributed by atoms with E-state index in [0.717, 1.165) is 11.7 Å². The average molecular weight is 231 g/mol. The number of fused-ring (bicyclic) bond motifs is 4. The van der Waals surface area contributed by atoms with Crippen LogP contribution < -0.4 is 4.74 Å². The molecule has 1 aliphatic carbocycles. The number of likely N-dealkylation sites (tertiary alicyclic amines) is 1. The molecule has 1 aliphatic heterocycles. The molecule has 1 aromatic carbocycles. The molecule has 92 valence electrons. The molecule has 0 radical (unpaired) electrons. The second kappa shape index (κ2) is 3.74. The summed E-state index contributed by atoms with van der Waals surface area (Å²) in [4.78, 5) is 2.49. The number of benzene rings is 1. The fourth-order valence-electron chi connectivity index (χ4n) is 3.96. The third kappa shape index (κ3) is 1.75. The number of rotatable bonds is 1. The first-order valence-electron chi connectivity index (χ1n) is 6.47. The number of hydrogen-bond donors (Lipinski definition) is 0. The Morgan fingerprint density at radius 1 is 1.41 bits per heavy atom. The van der Waals surface area contributed by atoms with Crippen molar-refractivity contribution >= 4 is 0 Å². The first-order valence-corrected chi connectivity index (χ1v) is 6.47. The van der Waals surface area contributed by atoms with Gasteiger partial charge in [-0.2, -0.15) is 0 Å². The van der Waals surface area contributed by atoms with Gasteiger partial charge < -0.3 is 9.64 Å². The SMILES string of the molecule is COc1ccc2c(c1)C[C@H]1CN(C)C[C@@]2(C)C1. The van der Waals surface area contributed by atoms with Crippen LogP contribution in [0.2, 0.25) is 0 Å². The molecule has 3 rings (SSSR count). The molecule has 0 N–H and O–H groups in total. The summed E-state index contributed by atoms with van der Waals surface area (Å²) in [6, 6.07) is 6.63. The van der Waals surface area contributed by atoms with Gasteiger partial charge in [0.2, 0.25) is 0 Å². The van der Waals surface area contributed by atoms with Crippen molar-refractivity contribution in [2.75, 3.05) is 27.2 Å². The predicted molar refractivity (Wildman–Crippen MR) is 69.7 cm³/mol. The number of ether oxygens (including phenoxy) is 1. The van der Waals surface area contributed by atoms with Crippen LogP contribution in [0.3, 0.4) is 0 Å². The maximum absolute atomic E-state index is 5.35. The molecule has 0 saturated carbocycles. The highest BCUT2D eigenvalue weighted by Gasteiger charge is 2.41. The first-order chi connectivity index (χ1) is 8.10. The quantitative estimate of drug-likeness (QED) is 0.736. The Morgan fingerprint density at radius 3 is 3.00 bits per heavy atom. The molecule has 0 aromatic heterocycles. The first kappa shape index (κ1) is 11.1. The van der Waals surface area contributed by atoms with E-state index in [1.54, 1.807) is 12.7 Å². The molecule has 2 heteroatoms. The van der Waals surface area contributed by atoms with Crippen molar-refractivity contribution in [2.24, 2.45) is 5.92 Å². The smallest absolute Gasteiger partial charge is 0.119 e. The van der Waals surface area contributed by atoms with Gasteiger partial charge in [0, 0.05) is 18.5 Å². The normalized spacial score (nSPS) is 32.1. The number of nitrogens with zero attached hydrogens (tertiary/aromatic N) is 1. The van der Waals surface area contributed by atoms with Crippen molar-refractivity contribution < 1.29 is 4.74 Å². The van der Waals surface area contributed by atoms with Gasteiger partial charge >= 0.3 is 0 Å². The summed E-state index contributed by atoms with van der Waals surface area (Å²) >= 11 is 0. The number of methoxy groups -OCH3 is 1.